The summed E-state index contributed by atoms with van der Waals surface area (Å²) in [4.78, 5) is 26.7. The first-order valence-electron chi connectivity index (χ1n) is 7.28. The summed E-state index contributed by atoms with van der Waals surface area (Å²) in [7, 11) is 0. The lowest BCUT2D eigenvalue weighted by atomic mass is 10.2. The largest absolute Gasteiger partial charge is 0.389 e. The molecule has 1 aromatic rings. The predicted molar refractivity (Wildman–Crippen MR) is 86.4 cm³/mol. The van der Waals surface area contributed by atoms with Crippen molar-refractivity contribution in [2.24, 2.45) is 5.73 Å². The highest BCUT2D eigenvalue weighted by molar-refractivity contribution is 7.80. The molecule has 0 bridgehead atoms. The third-order valence-corrected chi connectivity index (χ3v) is 4.13. The van der Waals surface area contributed by atoms with E-state index in [0.29, 0.717) is 5.56 Å². The zero-order valence-corrected chi connectivity index (χ0v) is 13.1. The summed E-state index contributed by atoms with van der Waals surface area (Å²) >= 11 is 4.88. The molecule has 0 unspecified atom stereocenters. The molecule has 21 heavy (non-hydrogen) atoms. The van der Waals surface area contributed by atoms with Crippen LogP contribution in [0.3, 0.4) is 0 Å². The number of aryl methyl sites for hydroxylation is 1. The Morgan fingerprint density at radius 2 is 1.86 bits per heavy atom. The average molecular weight is 307 g/mol. The highest BCUT2D eigenvalue weighted by atomic mass is 32.1. The van der Waals surface area contributed by atoms with Gasteiger partial charge < -0.3 is 15.2 Å². The summed E-state index contributed by atoms with van der Waals surface area (Å²) in [6, 6.07) is 3.39. The second kappa shape index (κ2) is 6.85. The van der Waals surface area contributed by atoms with Crippen molar-refractivity contribution >= 4 is 23.1 Å². The van der Waals surface area contributed by atoms with Crippen LogP contribution in [0, 0.1) is 6.92 Å². The SMILES string of the molecule is Cc1ccc(C(N)=S)c(=O)n1CC(=O)N1CCCCCC1. The molecule has 0 spiro atoms. The molecule has 1 fully saturated rings. The summed E-state index contributed by atoms with van der Waals surface area (Å²) in [6.45, 7) is 3.42. The minimum atomic E-state index is -0.286. The van der Waals surface area contributed by atoms with Gasteiger partial charge in [0.15, 0.2) is 0 Å². The van der Waals surface area contributed by atoms with E-state index in [1.807, 2.05) is 4.90 Å². The van der Waals surface area contributed by atoms with Gasteiger partial charge >= 0.3 is 0 Å². The maximum Gasteiger partial charge on any atom is 0.261 e. The van der Waals surface area contributed by atoms with Gasteiger partial charge in [0.25, 0.3) is 5.56 Å². The number of likely N-dealkylation sites (tertiary alicyclic amines) is 1. The molecular formula is C15H21N3O2S. The van der Waals surface area contributed by atoms with Crippen molar-refractivity contribution in [2.45, 2.75) is 39.2 Å². The maximum absolute atomic E-state index is 12.4. The standard InChI is InChI=1S/C15H21N3O2S/c1-11-6-7-12(14(16)21)15(20)18(11)10-13(19)17-8-4-2-3-5-9-17/h6-7H,2-5,8-10H2,1H3,(H2,16,21). The Morgan fingerprint density at radius 3 is 2.43 bits per heavy atom. The lowest BCUT2D eigenvalue weighted by Gasteiger charge is -2.21. The van der Waals surface area contributed by atoms with Crippen LogP contribution in [0.25, 0.3) is 0 Å². The molecule has 2 N–H and O–H groups in total. The van der Waals surface area contributed by atoms with Gasteiger partial charge in [0.1, 0.15) is 11.5 Å². The quantitative estimate of drug-likeness (QED) is 0.852. The molecule has 0 saturated carbocycles. The van der Waals surface area contributed by atoms with E-state index >= 15 is 0 Å². The van der Waals surface area contributed by atoms with E-state index in [1.165, 1.54) is 17.4 Å². The minimum absolute atomic E-state index is 0.0119. The van der Waals surface area contributed by atoms with E-state index in [9.17, 15) is 9.59 Å². The van der Waals surface area contributed by atoms with Gasteiger partial charge in [-0.25, -0.2) is 0 Å². The lowest BCUT2D eigenvalue weighted by Crippen LogP contribution is -2.39. The molecule has 6 heteroatoms. The molecule has 5 nitrogen and oxygen atoms in total. The number of aromatic nitrogens is 1. The maximum atomic E-state index is 12.4. The average Bonchev–Trinajstić information content (AvgIpc) is 2.71. The molecule has 0 aliphatic carbocycles. The van der Waals surface area contributed by atoms with Gasteiger partial charge in [0.05, 0.1) is 5.56 Å². The molecule has 0 aromatic carbocycles. The van der Waals surface area contributed by atoms with Crippen molar-refractivity contribution in [1.82, 2.24) is 9.47 Å². The summed E-state index contributed by atoms with van der Waals surface area (Å²) in [6.07, 6.45) is 4.40. The van der Waals surface area contributed by atoms with Crippen LogP contribution in [0.2, 0.25) is 0 Å². The first-order chi connectivity index (χ1) is 10.0. The van der Waals surface area contributed by atoms with Crippen LogP contribution in [0.5, 0.6) is 0 Å². The van der Waals surface area contributed by atoms with Crippen LogP contribution >= 0.6 is 12.2 Å². The number of rotatable bonds is 3. The zero-order chi connectivity index (χ0) is 15.4. The Labute approximate surface area is 129 Å². The van der Waals surface area contributed by atoms with Crippen molar-refractivity contribution in [3.05, 3.63) is 33.7 Å². The number of thiocarbonyl (C=S) groups is 1. The Balaban J connectivity index is 2.22. The van der Waals surface area contributed by atoms with E-state index in [4.69, 9.17) is 18.0 Å². The number of hydrogen-bond donors (Lipinski definition) is 1. The molecule has 114 valence electrons. The first-order valence-corrected chi connectivity index (χ1v) is 7.69. The van der Waals surface area contributed by atoms with Gasteiger partial charge in [-0.1, -0.05) is 25.1 Å². The summed E-state index contributed by atoms with van der Waals surface area (Å²) in [5, 5.41) is 0. The van der Waals surface area contributed by atoms with Crippen molar-refractivity contribution in [2.75, 3.05) is 13.1 Å². The van der Waals surface area contributed by atoms with Crippen LogP contribution in [-0.2, 0) is 11.3 Å². The van der Waals surface area contributed by atoms with Crippen LogP contribution in [-0.4, -0.2) is 33.5 Å². The first kappa shape index (κ1) is 15.7. The molecule has 1 saturated heterocycles. The molecule has 1 aliphatic heterocycles. The zero-order valence-electron chi connectivity index (χ0n) is 12.3. The lowest BCUT2D eigenvalue weighted by molar-refractivity contribution is -0.131. The van der Waals surface area contributed by atoms with Crippen LogP contribution in [0.4, 0.5) is 0 Å². The number of pyridine rings is 1. The molecular weight excluding hydrogens is 286 g/mol. The molecule has 0 radical (unpaired) electrons. The van der Waals surface area contributed by atoms with E-state index < -0.39 is 0 Å². The number of hydrogen-bond acceptors (Lipinski definition) is 3. The molecule has 0 atom stereocenters. The van der Waals surface area contributed by atoms with Crippen molar-refractivity contribution in [1.29, 1.82) is 0 Å². The predicted octanol–water partition coefficient (Wildman–Crippen LogP) is 1.19. The van der Waals surface area contributed by atoms with Crippen molar-refractivity contribution < 1.29 is 4.79 Å². The van der Waals surface area contributed by atoms with Gasteiger partial charge in [-0.15, -0.1) is 0 Å². The Morgan fingerprint density at radius 1 is 1.24 bits per heavy atom. The number of nitrogens with two attached hydrogens (primary N) is 1. The third kappa shape index (κ3) is 3.69. The number of amides is 1. The van der Waals surface area contributed by atoms with Gasteiger partial charge in [0, 0.05) is 18.8 Å². The fourth-order valence-electron chi connectivity index (χ4n) is 2.61. The Hall–Kier alpha value is -1.69. The van der Waals surface area contributed by atoms with Crippen molar-refractivity contribution in [3.63, 3.8) is 0 Å². The molecule has 1 aromatic heterocycles. The summed E-state index contributed by atoms with van der Waals surface area (Å²) < 4.78 is 1.46. The highest BCUT2D eigenvalue weighted by Gasteiger charge is 2.18. The fourth-order valence-corrected chi connectivity index (χ4v) is 2.77. The van der Waals surface area contributed by atoms with E-state index in [0.717, 1.165) is 31.6 Å². The highest BCUT2D eigenvalue weighted by Crippen LogP contribution is 2.10. The van der Waals surface area contributed by atoms with Crippen LogP contribution < -0.4 is 11.3 Å². The van der Waals surface area contributed by atoms with Crippen molar-refractivity contribution in [3.8, 4) is 0 Å². The van der Waals surface area contributed by atoms with Crippen LogP contribution in [0.1, 0.15) is 36.9 Å². The van der Waals surface area contributed by atoms with Crippen LogP contribution in [0.15, 0.2) is 16.9 Å². The smallest absolute Gasteiger partial charge is 0.261 e. The number of carbonyl (C=O) groups excluding carboxylic acids is 1. The van der Waals surface area contributed by atoms with E-state index in [2.05, 4.69) is 0 Å². The van der Waals surface area contributed by atoms with Gasteiger partial charge in [-0.2, -0.15) is 0 Å². The number of carbonyl (C=O) groups is 1. The summed E-state index contributed by atoms with van der Waals surface area (Å²) in [5.41, 5.74) is 6.29. The summed E-state index contributed by atoms with van der Waals surface area (Å²) in [5.74, 6) is -0.0119. The molecule has 1 aliphatic rings. The third-order valence-electron chi connectivity index (χ3n) is 3.91. The van der Waals surface area contributed by atoms with E-state index in [-0.39, 0.29) is 23.0 Å². The normalized spacial score (nSPS) is 15.6. The second-order valence-electron chi connectivity index (χ2n) is 5.44. The molecule has 2 heterocycles. The number of nitrogens with zero attached hydrogens (tertiary/aromatic N) is 2. The second-order valence-corrected chi connectivity index (χ2v) is 5.88. The van der Waals surface area contributed by atoms with Gasteiger partial charge in [-0.05, 0) is 31.9 Å². The Kier molecular flexibility index (Phi) is 5.12. The van der Waals surface area contributed by atoms with Gasteiger partial charge in [-0.3, -0.25) is 9.59 Å². The fraction of sp³-hybridized carbons (Fsp3) is 0.533. The topological polar surface area (TPSA) is 68.3 Å². The van der Waals surface area contributed by atoms with Gasteiger partial charge in [0.2, 0.25) is 5.91 Å². The minimum Gasteiger partial charge on any atom is -0.389 e. The van der Waals surface area contributed by atoms with E-state index in [1.54, 1.807) is 19.1 Å². The molecule has 2 rings (SSSR count). The Bertz CT molecular complexity index is 601. The monoisotopic (exact) mass is 307 g/mol. The molecule has 1 amide bonds.